The standard InChI is InChI=1S/C37H32N2O/c38-23-24-12-14-25(15-13-24)28-16-18-31-30-8-1-3-10-34(30)39(35(31)22-28)29-7-5-6-26(20-29)27-17-19-37-33(21-27)32-9-2-4-11-36(32)40-37/h1,3-8,10-12,14,16-22,32,36H,2,9,13,15,23,38H2. The maximum Gasteiger partial charge on any atom is 0.124 e. The Morgan fingerprint density at radius 1 is 0.775 bits per heavy atom. The normalized spacial score (nSPS) is 19.7. The number of hydrogen-bond acceptors (Lipinski definition) is 2. The average Bonchev–Trinajstić information content (AvgIpc) is 3.56. The zero-order valence-corrected chi connectivity index (χ0v) is 22.5. The molecule has 3 aliphatic rings. The molecule has 0 fully saturated rings. The summed E-state index contributed by atoms with van der Waals surface area (Å²) in [6, 6.07) is 31.4. The largest absolute Gasteiger partial charge is 0.485 e. The number of nitrogens with zero attached hydrogens (tertiary/aromatic N) is 1. The lowest BCUT2D eigenvalue weighted by Crippen LogP contribution is -2.18. The highest BCUT2D eigenvalue weighted by molar-refractivity contribution is 6.10. The van der Waals surface area contributed by atoms with Crippen molar-refractivity contribution in [2.75, 3.05) is 6.54 Å². The molecule has 196 valence electrons. The lowest BCUT2D eigenvalue weighted by atomic mass is 9.86. The molecule has 2 aliphatic carbocycles. The number of nitrogens with two attached hydrogens (primary N) is 1. The van der Waals surface area contributed by atoms with Crippen LogP contribution in [-0.4, -0.2) is 17.2 Å². The Hall–Kier alpha value is -4.34. The molecule has 1 aliphatic heterocycles. The van der Waals surface area contributed by atoms with Crippen LogP contribution in [0.1, 0.15) is 42.7 Å². The van der Waals surface area contributed by atoms with E-state index in [1.807, 2.05) is 0 Å². The summed E-state index contributed by atoms with van der Waals surface area (Å²) in [6.45, 7) is 0.642. The van der Waals surface area contributed by atoms with Crippen LogP contribution in [0.2, 0.25) is 0 Å². The van der Waals surface area contributed by atoms with Crippen molar-refractivity contribution >= 4 is 27.4 Å². The molecule has 2 unspecified atom stereocenters. The van der Waals surface area contributed by atoms with E-state index in [4.69, 9.17) is 10.5 Å². The van der Waals surface area contributed by atoms with Crippen LogP contribution in [-0.2, 0) is 0 Å². The third-order valence-corrected chi connectivity index (χ3v) is 9.02. The molecular weight excluding hydrogens is 488 g/mol. The number of ether oxygens (including phenoxy) is 1. The van der Waals surface area contributed by atoms with E-state index in [0.29, 0.717) is 12.5 Å². The van der Waals surface area contributed by atoms with E-state index in [1.54, 1.807) is 0 Å². The second-order valence-electron chi connectivity index (χ2n) is 11.3. The van der Waals surface area contributed by atoms with E-state index in [2.05, 4.69) is 114 Å². The summed E-state index contributed by atoms with van der Waals surface area (Å²) in [6.07, 6.45) is 13.5. The van der Waals surface area contributed by atoms with Crippen molar-refractivity contribution in [3.05, 3.63) is 126 Å². The van der Waals surface area contributed by atoms with E-state index >= 15 is 0 Å². The van der Waals surface area contributed by atoms with Gasteiger partial charge >= 0.3 is 0 Å². The predicted octanol–water partition coefficient (Wildman–Crippen LogP) is 8.71. The number of para-hydroxylation sites is 1. The van der Waals surface area contributed by atoms with Gasteiger partial charge in [-0.1, -0.05) is 72.3 Å². The quantitative estimate of drug-likeness (QED) is 0.241. The van der Waals surface area contributed by atoms with Crippen molar-refractivity contribution in [2.45, 2.75) is 37.7 Å². The van der Waals surface area contributed by atoms with E-state index in [0.717, 1.165) is 31.4 Å². The van der Waals surface area contributed by atoms with Crippen molar-refractivity contribution in [1.29, 1.82) is 0 Å². The molecule has 0 radical (unpaired) electrons. The Morgan fingerprint density at radius 3 is 2.55 bits per heavy atom. The minimum absolute atomic E-state index is 0.189. The molecule has 0 amide bonds. The van der Waals surface area contributed by atoms with Gasteiger partial charge in [0.25, 0.3) is 0 Å². The maximum absolute atomic E-state index is 6.25. The van der Waals surface area contributed by atoms with Gasteiger partial charge in [0, 0.05) is 34.5 Å². The Morgan fingerprint density at radius 2 is 1.65 bits per heavy atom. The van der Waals surface area contributed by atoms with Gasteiger partial charge in [0.1, 0.15) is 11.9 Å². The maximum atomic E-state index is 6.25. The van der Waals surface area contributed by atoms with Gasteiger partial charge in [-0.25, -0.2) is 0 Å². The Kier molecular flexibility index (Phi) is 5.53. The number of fused-ring (bicyclic) bond motifs is 6. The van der Waals surface area contributed by atoms with Gasteiger partial charge in [0.15, 0.2) is 0 Å². The second-order valence-corrected chi connectivity index (χ2v) is 11.3. The number of aromatic nitrogens is 1. The second kappa shape index (κ2) is 9.39. The predicted molar refractivity (Wildman–Crippen MR) is 166 cm³/mol. The van der Waals surface area contributed by atoms with E-state index in [-0.39, 0.29) is 6.10 Å². The molecule has 0 bridgehead atoms. The molecular formula is C37H32N2O. The van der Waals surface area contributed by atoms with Crippen LogP contribution in [0.3, 0.4) is 0 Å². The van der Waals surface area contributed by atoms with Gasteiger partial charge in [-0.15, -0.1) is 0 Å². The van der Waals surface area contributed by atoms with Gasteiger partial charge in [0.2, 0.25) is 0 Å². The third-order valence-electron chi connectivity index (χ3n) is 9.02. The zero-order valence-electron chi connectivity index (χ0n) is 22.5. The van der Waals surface area contributed by atoms with Crippen molar-refractivity contribution in [3.63, 3.8) is 0 Å². The number of allylic oxidation sites excluding steroid dienone is 4. The minimum Gasteiger partial charge on any atom is -0.485 e. The summed E-state index contributed by atoms with van der Waals surface area (Å²) >= 11 is 0. The Labute approximate surface area is 234 Å². The first kappa shape index (κ1) is 23.5. The van der Waals surface area contributed by atoms with E-state index in [1.165, 1.54) is 60.9 Å². The van der Waals surface area contributed by atoms with Gasteiger partial charge in [0.05, 0.1) is 11.0 Å². The van der Waals surface area contributed by atoms with E-state index in [9.17, 15) is 0 Å². The molecule has 8 rings (SSSR count). The van der Waals surface area contributed by atoms with Crippen LogP contribution in [0.25, 0.3) is 44.2 Å². The Bertz CT molecular complexity index is 1890. The van der Waals surface area contributed by atoms with Crippen LogP contribution in [0, 0.1) is 0 Å². The molecule has 1 aromatic heterocycles. The highest BCUT2D eigenvalue weighted by Crippen LogP contribution is 2.45. The summed E-state index contributed by atoms with van der Waals surface area (Å²) in [5, 5.41) is 2.56. The zero-order chi connectivity index (χ0) is 26.6. The summed E-state index contributed by atoms with van der Waals surface area (Å²) in [4.78, 5) is 0. The summed E-state index contributed by atoms with van der Waals surface area (Å²) < 4.78 is 8.68. The number of hydrogen-bond donors (Lipinski definition) is 1. The molecule has 4 aromatic carbocycles. The highest BCUT2D eigenvalue weighted by atomic mass is 16.5. The molecule has 3 heteroatoms. The molecule has 0 spiro atoms. The summed E-state index contributed by atoms with van der Waals surface area (Å²) in [5.41, 5.74) is 17.4. The van der Waals surface area contributed by atoms with Crippen LogP contribution in [0.4, 0.5) is 0 Å². The average molecular weight is 521 g/mol. The molecule has 2 heterocycles. The third kappa shape index (κ3) is 3.76. The molecule has 0 saturated heterocycles. The van der Waals surface area contributed by atoms with Gasteiger partial charge in [-0.05, 0) is 90.4 Å². The van der Waals surface area contributed by atoms with E-state index < -0.39 is 0 Å². The Balaban J connectivity index is 1.26. The highest BCUT2D eigenvalue weighted by Gasteiger charge is 2.34. The van der Waals surface area contributed by atoms with Crippen molar-refractivity contribution in [2.24, 2.45) is 5.73 Å². The fraction of sp³-hybridized carbons (Fsp3) is 0.189. The van der Waals surface area contributed by atoms with Crippen LogP contribution in [0.15, 0.2) is 115 Å². The molecule has 3 nitrogen and oxygen atoms in total. The molecule has 2 N–H and O–H groups in total. The smallest absolute Gasteiger partial charge is 0.124 e. The molecule has 5 aromatic rings. The van der Waals surface area contributed by atoms with Crippen LogP contribution < -0.4 is 10.5 Å². The monoisotopic (exact) mass is 520 g/mol. The van der Waals surface area contributed by atoms with Crippen molar-refractivity contribution < 1.29 is 4.74 Å². The molecule has 0 saturated carbocycles. The van der Waals surface area contributed by atoms with Crippen molar-refractivity contribution in [3.8, 4) is 22.6 Å². The lowest BCUT2D eigenvalue weighted by molar-refractivity contribution is 0.244. The minimum atomic E-state index is 0.189. The van der Waals surface area contributed by atoms with Gasteiger partial charge < -0.3 is 15.0 Å². The first-order valence-electron chi connectivity index (χ1n) is 14.5. The lowest BCUT2D eigenvalue weighted by Gasteiger charge is -2.19. The number of rotatable bonds is 4. The SMILES string of the molecule is NCC1=CC=C(c2ccc3c4ccccc4n(-c4cccc(-c5ccc6c(c5)C5CCC=CC5O6)c4)c3c2)CC1. The molecule has 40 heavy (non-hydrogen) atoms. The van der Waals surface area contributed by atoms with Gasteiger partial charge in [-0.2, -0.15) is 0 Å². The first-order valence-corrected chi connectivity index (χ1v) is 14.5. The summed E-state index contributed by atoms with van der Waals surface area (Å²) in [7, 11) is 0. The first-order chi connectivity index (χ1) is 19.8. The topological polar surface area (TPSA) is 40.2 Å². The summed E-state index contributed by atoms with van der Waals surface area (Å²) in [5.74, 6) is 1.51. The molecule has 2 atom stereocenters. The fourth-order valence-electron chi connectivity index (χ4n) is 6.89. The van der Waals surface area contributed by atoms with Gasteiger partial charge in [-0.3, -0.25) is 0 Å². The van der Waals surface area contributed by atoms with Crippen LogP contribution in [0.5, 0.6) is 5.75 Å². The fourth-order valence-corrected chi connectivity index (χ4v) is 6.89. The van der Waals surface area contributed by atoms with Crippen LogP contribution >= 0.6 is 0 Å². The van der Waals surface area contributed by atoms with Crippen molar-refractivity contribution in [1.82, 2.24) is 4.57 Å². The number of benzene rings is 4.